The Morgan fingerprint density at radius 2 is 2.05 bits per heavy atom. The summed E-state index contributed by atoms with van der Waals surface area (Å²) in [6, 6.07) is 7.35. The molecule has 0 aliphatic carbocycles. The van der Waals surface area contributed by atoms with Gasteiger partial charge >= 0.3 is 11.9 Å². The van der Waals surface area contributed by atoms with Gasteiger partial charge in [0.2, 0.25) is 0 Å². The van der Waals surface area contributed by atoms with Gasteiger partial charge in [-0.25, -0.2) is 4.79 Å². The quantitative estimate of drug-likeness (QED) is 0.594. The molecule has 2 atom stereocenters. The highest BCUT2D eigenvalue weighted by Crippen LogP contribution is 2.26. The molecule has 4 heteroatoms. The minimum absolute atomic E-state index is 0.0568. The van der Waals surface area contributed by atoms with Crippen LogP contribution in [0.2, 0.25) is 0 Å². The van der Waals surface area contributed by atoms with Crippen LogP contribution in [0.1, 0.15) is 54.9 Å². The van der Waals surface area contributed by atoms with Gasteiger partial charge < -0.3 is 9.47 Å². The first kappa shape index (κ1) is 16.5. The standard InChI is InChI=1S/C18H24O4/c1-3-16-11-14(12-17(19)22-16)5-4-10-21-18(20)15-8-6-13(2)7-9-15/h6-9,14,16H,3-5,10-12H2,1-2H3. The highest BCUT2D eigenvalue weighted by molar-refractivity contribution is 5.89. The van der Waals surface area contributed by atoms with Crippen molar-refractivity contribution in [3.05, 3.63) is 35.4 Å². The van der Waals surface area contributed by atoms with E-state index in [1.807, 2.05) is 26.0 Å². The highest BCUT2D eigenvalue weighted by Gasteiger charge is 2.27. The first-order valence-corrected chi connectivity index (χ1v) is 8.01. The van der Waals surface area contributed by atoms with E-state index in [0.29, 0.717) is 24.5 Å². The number of aryl methyl sites for hydroxylation is 1. The molecule has 1 aromatic carbocycles. The second-order valence-corrected chi connectivity index (χ2v) is 5.97. The van der Waals surface area contributed by atoms with Crippen LogP contribution >= 0.6 is 0 Å². The maximum atomic E-state index is 11.9. The van der Waals surface area contributed by atoms with Gasteiger partial charge in [0.05, 0.1) is 12.2 Å². The van der Waals surface area contributed by atoms with E-state index in [4.69, 9.17) is 9.47 Å². The van der Waals surface area contributed by atoms with E-state index in [1.54, 1.807) is 12.1 Å². The summed E-state index contributed by atoms with van der Waals surface area (Å²) in [7, 11) is 0. The molecule has 0 saturated carbocycles. The molecule has 2 rings (SSSR count). The van der Waals surface area contributed by atoms with Crippen molar-refractivity contribution in [1.82, 2.24) is 0 Å². The van der Waals surface area contributed by atoms with Crippen molar-refractivity contribution in [2.24, 2.45) is 5.92 Å². The van der Waals surface area contributed by atoms with Crippen molar-refractivity contribution in [3.63, 3.8) is 0 Å². The molecule has 120 valence electrons. The second kappa shape index (κ2) is 7.97. The highest BCUT2D eigenvalue weighted by atomic mass is 16.5. The molecule has 0 bridgehead atoms. The Hall–Kier alpha value is -1.84. The van der Waals surface area contributed by atoms with Crippen molar-refractivity contribution in [3.8, 4) is 0 Å². The lowest BCUT2D eigenvalue weighted by Gasteiger charge is -2.28. The average molecular weight is 304 g/mol. The molecule has 1 saturated heterocycles. The van der Waals surface area contributed by atoms with Crippen molar-refractivity contribution in [1.29, 1.82) is 0 Å². The van der Waals surface area contributed by atoms with Crippen molar-refractivity contribution in [2.45, 2.75) is 52.1 Å². The summed E-state index contributed by atoms with van der Waals surface area (Å²) in [6.45, 7) is 4.41. The fourth-order valence-corrected chi connectivity index (χ4v) is 2.75. The van der Waals surface area contributed by atoms with E-state index >= 15 is 0 Å². The van der Waals surface area contributed by atoms with Crippen LogP contribution in [0.4, 0.5) is 0 Å². The largest absolute Gasteiger partial charge is 0.462 e. The lowest BCUT2D eigenvalue weighted by Crippen LogP contribution is -2.29. The van der Waals surface area contributed by atoms with Gasteiger partial charge in [-0.1, -0.05) is 24.6 Å². The fourth-order valence-electron chi connectivity index (χ4n) is 2.75. The van der Waals surface area contributed by atoms with Gasteiger partial charge in [-0.05, 0) is 50.7 Å². The molecule has 1 heterocycles. The zero-order chi connectivity index (χ0) is 15.9. The van der Waals surface area contributed by atoms with Gasteiger partial charge in [-0.3, -0.25) is 4.79 Å². The van der Waals surface area contributed by atoms with Crippen LogP contribution in [-0.4, -0.2) is 24.6 Å². The minimum Gasteiger partial charge on any atom is -0.462 e. The number of hydrogen-bond donors (Lipinski definition) is 0. The van der Waals surface area contributed by atoms with E-state index in [9.17, 15) is 9.59 Å². The maximum Gasteiger partial charge on any atom is 0.338 e. The number of hydrogen-bond acceptors (Lipinski definition) is 4. The zero-order valence-electron chi connectivity index (χ0n) is 13.3. The van der Waals surface area contributed by atoms with Crippen LogP contribution in [0.15, 0.2) is 24.3 Å². The molecule has 1 aromatic rings. The van der Waals surface area contributed by atoms with Gasteiger partial charge in [-0.15, -0.1) is 0 Å². The number of esters is 2. The van der Waals surface area contributed by atoms with E-state index in [0.717, 1.165) is 31.2 Å². The van der Waals surface area contributed by atoms with Gasteiger partial charge in [0.15, 0.2) is 0 Å². The van der Waals surface area contributed by atoms with Gasteiger partial charge in [0.25, 0.3) is 0 Å². The SMILES string of the molecule is CCC1CC(CCCOC(=O)c2ccc(C)cc2)CC(=O)O1. The predicted octanol–water partition coefficient (Wildman–Crippen LogP) is 3.66. The molecular weight excluding hydrogens is 280 g/mol. The fraction of sp³-hybridized carbons (Fsp3) is 0.556. The van der Waals surface area contributed by atoms with Crippen molar-refractivity contribution < 1.29 is 19.1 Å². The number of rotatable bonds is 6. The monoisotopic (exact) mass is 304 g/mol. The van der Waals surface area contributed by atoms with E-state index < -0.39 is 0 Å². The molecule has 0 N–H and O–H groups in total. The number of carbonyl (C=O) groups is 2. The molecule has 22 heavy (non-hydrogen) atoms. The first-order chi connectivity index (χ1) is 10.6. The molecule has 1 aliphatic heterocycles. The molecule has 0 aromatic heterocycles. The summed E-state index contributed by atoms with van der Waals surface area (Å²) in [5.41, 5.74) is 1.70. The Labute approximate surface area is 131 Å². The normalized spacial score (nSPS) is 21.3. The summed E-state index contributed by atoms with van der Waals surface area (Å²) in [6.07, 6.45) is 4.02. The van der Waals surface area contributed by atoms with E-state index in [-0.39, 0.29) is 18.0 Å². The second-order valence-electron chi connectivity index (χ2n) is 5.97. The van der Waals surface area contributed by atoms with Crippen LogP contribution < -0.4 is 0 Å². The summed E-state index contributed by atoms with van der Waals surface area (Å²) in [4.78, 5) is 23.3. The van der Waals surface area contributed by atoms with E-state index in [1.165, 1.54) is 0 Å². The Balaban J connectivity index is 1.69. The smallest absolute Gasteiger partial charge is 0.338 e. The molecular formula is C18H24O4. The molecule has 0 amide bonds. The first-order valence-electron chi connectivity index (χ1n) is 8.01. The Morgan fingerprint density at radius 3 is 2.73 bits per heavy atom. The molecule has 1 fully saturated rings. The third-order valence-corrected chi connectivity index (χ3v) is 4.08. The van der Waals surface area contributed by atoms with Crippen molar-refractivity contribution >= 4 is 11.9 Å². The number of carbonyl (C=O) groups excluding carboxylic acids is 2. The van der Waals surface area contributed by atoms with Crippen LogP contribution in [0.3, 0.4) is 0 Å². The molecule has 4 nitrogen and oxygen atoms in total. The number of ether oxygens (including phenoxy) is 2. The van der Waals surface area contributed by atoms with Crippen molar-refractivity contribution in [2.75, 3.05) is 6.61 Å². The molecule has 0 radical (unpaired) electrons. The van der Waals surface area contributed by atoms with Crippen LogP contribution in [0.5, 0.6) is 0 Å². The summed E-state index contributed by atoms with van der Waals surface area (Å²) >= 11 is 0. The zero-order valence-corrected chi connectivity index (χ0v) is 13.3. The van der Waals surface area contributed by atoms with Crippen LogP contribution in [0, 0.1) is 12.8 Å². The third-order valence-electron chi connectivity index (χ3n) is 4.08. The number of benzene rings is 1. The Morgan fingerprint density at radius 1 is 1.32 bits per heavy atom. The lowest BCUT2D eigenvalue weighted by atomic mass is 9.90. The molecule has 2 unspecified atom stereocenters. The Kier molecular flexibility index (Phi) is 5.99. The maximum absolute atomic E-state index is 11.9. The molecule has 1 aliphatic rings. The lowest BCUT2D eigenvalue weighted by molar-refractivity contribution is -0.157. The van der Waals surface area contributed by atoms with E-state index in [2.05, 4.69) is 0 Å². The number of cyclic esters (lactones) is 1. The van der Waals surface area contributed by atoms with Gasteiger partial charge in [0, 0.05) is 6.42 Å². The van der Waals surface area contributed by atoms with Crippen LogP contribution in [-0.2, 0) is 14.3 Å². The Bertz CT molecular complexity index is 506. The summed E-state index contributed by atoms with van der Waals surface area (Å²) in [5, 5.41) is 0. The minimum atomic E-state index is -0.283. The topological polar surface area (TPSA) is 52.6 Å². The molecule has 0 spiro atoms. The van der Waals surface area contributed by atoms with Crippen LogP contribution in [0.25, 0.3) is 0 Å². The summed E-state index contributed by atoms with van der Waals surface area (Å²) < 4.78 is 10.5. The predicted molar refractivity (Wildman–Crippen MR) is 83.6 cm³/mol. The third kappa shape index (κ3) is 4.86. The van der Waals surface area contributed by atoms with Gasteiger partial charge in [0.1, 0.15) is 6.10 Å². The average Bonchev–Trinajstić information content (AvgIpc) is 2.51. The summed E-state index contributed by atoms with van der Waals surface area (Å²) in [5.74, 6) is -0.0292. The van der Waals surface area contributed by atoms with Gasteiger partial charge in [-0.2, -0.15) is 0 Å².